The Morgan fingerprint density at radius 1 is 1.10 bits per heavy atom. The zero-order valence-corrected chi connectivity index (χ0v) is 18.4. The number of nitrogens with one attached hydrogen (secondary N) is 1. The van der Waals surface area contributed by atoms with Crippen LogP contribution in [-0.2, 0) is 4.79 Å². The lowest BCUT2D eigenvalue weighted by atomic mass is 10.1. The Hall–Kier alpha value is -3.98. The number of aromatic nitrogens is 1. The molecule has 0 radical (unpaired) electrons. The van der Waals surface area contributed by atoms with Crippen molar-refractivity contribution in [1.29, 1.82) is 5.26 Å². The Kier molecular flexibility index (Phi) is 6.46. The van der Waals surface area contributed by atoms with Crippen molar-refractivity contribution in [2.75, 3.05) is 31.4 Å². The number of hydrogen-bond acceptors (Lipinski definition) is 4. The summed E-state index contributed by atoms with van der Waals surface area (Å²) in [5.74, 6) is 0.243. The minimum Gasteiger partial charge on any atom is -0.497 e. The first-order valence-corrected chi connectivity index (χ1v) is 9.88. The van der Waals surface area contributed by atoms with Crippen molar-refractivity contribution in [3.63, 3.8) is 0 Å². The highest BCUT2D eigenvalue weighted by Crippen LogP contribution is 2.25. The topological polar surface area (TPSA) is 70.3 Å². The van der Waals surface area contributed by atoms with Gasteiger partial charge in [0.05, 0.1) is 7.11 Å². The van der Waals surface area contributed by atoms with E-state index < -0.39 is 5.91 Å². The van der Waals surface area contributed by atoms with Gasteiger partial charge in [-0.25, -0.2) is 0 Å². The van der Waals surface area contributed by atoms with E-state index in [-0.39, 0.29) is 5.57 Å². The number of hydrogen-bond donors (Lipinski definition) is 1. The quantitative estimate of drug-likeness (QED) is 0.468. The van der Waals surface area contributed by atoms with Crippen molar-refractivity contribution >= 4 is 23.4 Å². The molecule has 1 amide bonds. The zero-order valence-electron chi connectivity index (χ0n) is 18.4. The molecule has 0 saturated heterocycles. The Morgan fingerprint density at radius 3 is 2.29 bits per heavy atom. The van der Waals surface area contributed by atoms with Crippen LogP contribution < -0.4 is 15.0 Å². The lowest BCUT2D eigenvalue weighted by Crippen LogP contribution is -2.13. The molecule has 1 heterocycles. The summed E-state index contributed by atoms with van der Waals surface area (Å²) in [5.41, 5.74) is 5.59. The van der Waals surface area contributed by atoms with Crippen LogP contribution in [0.5, 0.6) is 5.75 Å². The number of rotatable bonds is 6. The first-order chi connectivity index (χ1) is 14.8. The van der Waals surface area contributed by atoms with Gasteiger partial charge in [0, 0.05) is 42.5 Å². The molecule has 6 heteroatoms. The summed E-state index contributed by atoms with van der Waals surface area (Å²) in [4.78, 5) is 14.7. The number of nitriles is 1. The van der Waals surface area contributed by atoms with Crippen LogP contribution in [0, 0.1) is 25.2 Å². The van der Waals surface area contributed by atoms with Crippen LogP contribution in [-0.4, -0.2) is 31.7 Å². The van der Waals surface area contributed by atoms with Gasteiger partial charge in [0.2, 0.25) is 0 Å². The van der Waals surface area contributed by atoms with E-state index in [0.29, 0.717) is 11.4 Å². The lowest BCUT2D eigenvalue weighted by Gasteiger charge is -2.14. The minimum absolute atomic E-state index is 0.0408. The zero-order chi connectivity index (χ0) is 22.5. The summed E-state index contributed by atoms with van der Waals surface area (Å²) < 4.78 is 7.23. The van der Waals surface area contributed by atoms with Gasteiger partial charge in [-0.15, -0.1) is 0 Å². The van der Waals surface area contributed by atoms with Crippen molar-refractivity contribution in [1.82, 2.24) is 4.57 Å². The fraction of sp³-hybridized carbons (Fsp3) is 0.200. The molecule has 0 bridgehead atoms. The van der Waals surface area contributed by atoms with Gasteiger partial charge in [0.15, 0.2) is 0 Å². The van der Waals surface area contributed by atoms with Gasteiger partial charge in [0.1, 0.15) is 17.4 Å². The molecule has 158 valence electrons. The Bertz CT molecular complexity index is 1150. The van der Waals surface area contributed by atoms with Crippen LogP contribution >= 0.6 is 0 Å². The maximum atomic E-state index is 12.6. The Balaban J connectivity index is 1.88. The highest BCUT2D eigenvalue weighted by atomic mass is 16.5. The van der Waals surface area contributed by atoms with Crippen molar-refractivity contribution in [2.24, 2.45) is 0 Å². The molecule has 0 aliphatic carbocycles. The number of amides is 1. The molecular weight excluding hydrogens is 388 g/mol. The largest absolute Gasteiger partial charge is 0.497 e. The molecule has 2 aromatic carbocycles. The molecule has 0 saturated carbocycles. The highest BCUT2D eigenvalue weighted by molar-refractivity contribution is 6.09. The molecule has 0 aliphatic rings. The first-order valence-electron chi connectivity index (χ1n) is 9.88. The minimum atomic E-state index is -0.451. The van der Waals surface area contributed by atoms with Crippen molar-refractivity contribution in [2.45, 2.75) is 13.8 Å². The van der Waals surface area contributed by atoms with Crippen LogP contribution in [0.25, 0.3) is 11.8 Å². The molecule has 0 unspecified atom stereocenters. The van der Waals surface area contributed by atoms with Crippen LogP contribution in [0.3, 0.4) is 0 Å². The number of benzene rings is 2. The third-order valence-corrected chi connectivity index (χ3v) is 5.11. The van der Waals surface area contributed by atoms with Gasteiger partial charge in [-0.2, -0.15) is 5.26 Å². The number of aryl methyl sites for hydroxylation is 1. The first kappa shape index (κ1) is 21.7. The molecular formula is C25H26N4O2. The Morgan fingerprint density at radius 2 is 1.74 bits per heavy atom. The lowest BCUT2D eigenvalue weighted by molar-refractivity contribution is -0.112. The average Bonchev–Trinajstić information content (AvgIpc) is 3.05. The third kappa shape index (κ3) is 4.78. The smallest absolute Gasteiger partial charge is 0.266 e. The maximum Gasteiger partial charge on any atom is 0.266 e. The van der Waals surface area contributed by atoms with Crippen molar-refractivity contribution in [3.8, 4) is 17.5 Å². The van der Waals surface area contributed by atoms with E-state index in [4.69, 9.17) is 4.74 Å². The number of methoxy groups -OCH3 is 1. The number of carbonyl (C=O) groups excluding carboxylic acids is 1. The average molecular weight is 415 g/mol. The second-order valence-electron chi connectivity index (χ2n) is 7.43. The van der Waals surface area contributed by atoms with Gasteiger partial charge in [-0.05, 0) is 80.1 Å². The van der Waals surface area contributed by atoms with Gasteiger partial charge in [-0.1, -0.05) is 0 Å². The number of carbonyl (C=O) groups is 1. The molecule has 1 N–H and O–H groups in total. The van der Waals surface area contributed by atoms with Crippen molar-refractivity contribution in [3.05, 3.63) is 77.1 Å². The van der Waals surface area contributed by atoms with E-state index in [2.05, 4.69) is 34.1 Å². The molecule has 6 nitrogen and oxygen atoms in total. The summed E-state index contributed by atoms with van der Waals surface area (Å²) in [6.45, 7) is 3.99. The van der Waals surface area contributed by atoms with Crippen LogP contribution in [0.2, 0.25) is 0 Å². The molecule has 0 atom stereocenters. The van der Waals surface area contributed by atoms with E-state index >= 15 is 0 Å². The second-order valence-corrected chi connectivity index (χ2v) is 7.43. The molecule has 0 spiro atoms. The summed E-state index contributed by atoms with van der Waals surface area (Å²) in [6, 6.07) is 19.2. The molecule has 0 aliphatic heterocycles. The Labute approximate surface area is 183 Å². The molecule has 31 heavy (non-hydrogen) atoms. The fourth-order valence-electron chi connectivity index (χ4n) is 3.41. The summed E-state index contributed by atoms with van der Waals surface area (Å²) in [7, 11) is 5.59. The molecule has 0 fully saturated rings. The number of anilines is 2. The van der Waals surface area contributed by atoms with Gasteiger partial charge in [0.25, 0.3) is 5.91 Å². The molecule has 1 aromatic heterocycles. The predicted molar refractivity (Wildman–Crippen MR) is 125 cm³/mol. The van der Waals surface area contributed by atoms with Crippen LogP contribution in [0.1, 0.15) is 17.0 Å². The van der Waals surface area contributed by atoms with E-state index in [0.717, 1.165) is 28.3 Å². The van der Waals surface area contributed by atoms with E-state index in [9.17, 15) is 10.1 Å². The third-order valence-electron chi connectivity index (χ3n) is 5.11. The van der Waals surface area contributed by atoms with E-state index in [1.165, 1.54) is 0 Å². The molecule has 3 rings (SSSR count). The van der Waals surface area contributed by atoms with Crippen molar-refractivity contribution < 1.29 is 9.53 Å². The predicted octanol–water partition coefficient (Wildman–Crippen LogP) is 4.71. The van der Waals surface area contributed by atoms with Gasteiger partial charge in [-0.3, -0.25) is 4.79 Å². The molecule has 3 aromatic rings. The number of nitrogens with zero attached hydrogens (tertiary/aromatic N) is 3. The monoisotopic (exact) mass is 414 g/mol. The van der Waals surface area contributed by atoms with Gasteiger partial charge >= 0.3 is 0 Å². The van der Waals surface area contributed by atoms with Crippen LogP contribution in [0.15, 0.2) is 60.2 Å². The normalized spacial score (nSPS) is 11.0. The summed E-state index contributed by atoms with van der Waals surface area (Å²) in [6.07, 6.45) is 1.63. The van der Waals surface area contributed by atoms with E-state index in [1.54, 1.807) is 37.5 Å². The SMILES string of the molecule is COc1ccc(NC(=O)/C(C#N)=C\c2cc(C)n(-c3ccc(N(C)C)cc3)c2C)cc1. The summed E-state index contributed by atoms with van der Waals surface area (Å²) in [5, 5.41) is 12.3. The standard InChI is InChI=1S/C25H26N4O2/c1-17-14-19(18(2)29(17)23-10-8-22(9-11-23)28(3)4)15-20(16-26)25(30)27-21-6-12-24(31-5)13-7-21/h6-15H,1-5H3,(H,27,30)/b20-15-. The van der Waals surface area contributed by atoms with E-state index in [1.807, 2.05) is 45.0 Å². The highest BCUT2D eigenvalue weighted by Gasteiger charge is 2.14. The second kappa shape index (κ2) is 9.23. The maximum absolute atomic E-state index is 12.6. The summed E-state index contributed by atoms with van der Waals surface area (Å²) >= 11 is 0. The van der Waals surface area contributed by atoms with Gasteiger partial charge < -0.3 is 19.5 Å². The number of ether oxygens (including phenoxy) is 1. The van der Waals surface area contributed by atoms with Crippen LogP contribution in [0.4, 0.5) is 11.4 Å². The fourth-order valence-corrected chi connectivity index (χ4v) is 3.41.